The zero-order valence-corrected chi connectivity index (χ0v) is 12.0. The number of ether oxygens (including phenoxy) is 1. The summed E-state index contributed by atoms with van der Waals surface area (Å²) >= 11 is 0. The molecule has 0 aromatic heterocycles. The Bertz CT molecular complexity index is 450. The number of nitrogens with one attached hydrogen (secondary N) is 1. The smallest absolute Gasteiger partial charge is 0.125 e. The van der Waals surface area contributed by atoms with E-state index in [0.717, 1.165) is 51.2 Å². The lowest BCUT2D eigenvalue weighted by Crippen LogP contribution is -2.46. The number of likely N-dealkylation sites (tertiary alicyclic amines) is 1. The lowest BCUT2D eigenvalue weighted by Gasteiger charge is -2.39. The first-order valence-electron chi connectivity index (χ1n) is 7.47. The number of hydrogen-bond donors (Lipinski definition) is 1. The molecule has 3 heteroatoms. The third kappa shape index (κ3) is 2.57. The molecule has 104 valence electrons. The Morgan fingerprint density at radius 3 is 2.84 bits per heavy atom. The van der Waals surface area contributed by atoms with E-state index in [4.69, 9.17) is 4.74 Å². The van der Waals surface area contributed by atoms with Gasteiger partial charge >= 0.3 is 0 Å². The molecule has 1 fully saturated rings. The van der Waals surface area contributed by atoms with Crippen LogP contribution in [0.4, 0.5) is 5.69 Å². The van der Waals surface area contributed by atoms with Crippen LogP contribution in [0.2, 0.25) is 0 Å². The summed E-state index contributed by atoms with van der Waals surface area (Å²) in [7, 11) is 0. The van der Waals surface area contributed by atoms with Crippen LogP contribution in [0.25, 0.3) is 0 Å². The highest BCUT2D eigenvalue weighted by Crippen LogP contribution is 2.35. The molecule has 0 aliphatic carbocycles. The fourth-order valence-corrected chi connectivity index (χ4v) is 3.12. The molecule has 0 amide bonds. The first-order chi connectivity index (χ1) is 9.20. The van der Waals surface area contributed by atoms with Gasteiger partial charge in [0.25, 0.3) is 0 Å². The maximum absolute atomic E-state index is 6.41. The molecule has 0 atom stereocenters. The highest BCUT2D eigenvalue weighted by atomic mass is 16.5. The Morgan fingerprint density at radius 1 is 1.32 bits per heavy atom. The summed E-state index contributed by atoms with van der Waals surface area (Å²) < 4.78 is 6.41. The Labute approximate surface area is 115 Å². The Balaban J connectivity index is 1.73. The molecule has 1 saturated heterocycles. The van der Waals surface area contributed by atoms with Gasteiger partial charge in [0.15, 0.2) is 0 Å². The van der Waals surface area contributed by atoms with Crippen LogP contribution >= 0.6 is 0 Å². The number of piperidine rings is 1. The fourth-order valence-electron chi connectivity index (χ4n) is 3.12. The van der Waals surface area contributed by atoms with Crippen molar-refractivity contribution in [1.29, 1.82) is 0 Å². The van der Waals surface area contributed by atoms with Crippen LogP contribution in [0.5, 0.6) is 5.75 Å². The molecular weight excluding hydrogens is 236 g/mol. The maximum Gasteiger partial charge on any atom is 0.125 e. The highest BCUT2D eigenvalue weighted by Gasteiger charge is 2.32. The number of rotatable bonds is 3. The number of nitrogens with zero attached hydrogens (tertiary/aromatic N) is 1. The van der Waals surface area contributed by atoms with Crippen LogP contribution < -0.4 is 10.1 Å². The summed E-state index contributed by atoms with van der Waals surface area (Å²) in [6.07, 6.45) is 3.33. The second kappa shape index (κ2) is 5.04. The first kappa shape index (κ1) is 12.8. The summed E-state index contributed by atoms with van der Waals surface area (Å²) in [6, 6.07) is 6.37. The molecule has 1 aromatic carbocycles. The largest absolute Gasteiger partial charge is 0.487 e. The minimum Gasteiger partial charge on any atom is -0.487 e. The normalized spacial score (nSPS) is 21.8. The zero-order chi connectivity index (χ0) is 13.3. The Hall–Kier alpha value is -1.22. The van der Waals surface area contributed by atoms with E-state index in [1.165, 1.54) is 11.3 Å². The van der Waals surface area contributed by atoms with Crippen molar-refractivity contribution in [1.82, 2.24) is 4.90 Å². The average Bonchev–Trinajstić information content (AvgIpc) is 2.89. The lowest BCUT2D eigenvalue weighted by atomic mass is 9.93. The summed E-state index contributed by atoms with van der Waals surface area (Å²) in [6.45, 7) is 9.00. The number of fused-ring (bicyclic) bond motifs is 1. The molecule has 1 aromatic rings. The quantitative estimate of drug-likeness (QED) is 0.904. The van der Waals surface area contributed by atoms with Crippen LogP contribution in [0.15, 0.2) is 18.2 Å². The summed E-state index contributed by atoms with van der Waals surface area (Å²) in [5, 5.41) is 3.42. The van der Waals surface area contributed by atoms with E-state index in [-0.39, 0.29) is 5.60 Å². The first-order valence-corrected chi connectivity index (χ1v) is 7.47. The molecule has 3 rings (SSSR count). The monoisotopic (exact) mass is 260 g/mol. The third-order valence-corrected chi connectivity index (χ3v) is 4.54. The van der Waals surface area contributed by atoms with Gasteiger partial charge in [-0.3, -0.25) is 0 Å². The summed E-state index contributed by atoms with van der Waals surface area (Å²) in [4.78, 5) is 2.50. The van der Waals surface area contributed by atoms with Gasteiger partial charge in [-0.2, -0.15) is 0 Å². The predicted molar refractivity (Wildman–Crippen MR) is 79.0 cm³/mol. The van der Waals surface area contributed by atoms with Crippen molar-refractivity contribution in [3.8, 4) is 5.75 Å². The molecule has 2 aliphatic heterocycles. The SMILES string of the molecule is CCN1CCC(C)(Oc2cccc3c2CCN3)CC1. The average molecular weight is 260 g/mol. The van der Waals surface area contributed by atoms with E-state index >= 15 is 0 Å². The molecule has 2 heterocycles. The third-order valence-electron chi connectivity index (χ3n) is 4.54. The van der Waals surface area contributed by atoms with Gasteiger partial charge in [-0.1, -0.05) is 13.0 Å². The highest BCUT2D eigenvalue weighted by molar-refractivity contribution is 5.61. The molecule has 2 aliphatic rings. The van der Waals surface area contributed by atoms with Crippen molar-refractivity contribution in [2.75, 3.05) is 31.5 Å². The van der Waals surface area contributed by atoms with E-state index < -0.39 is 0 Å². The van der Waals surface area contributed by atoms with Crippen molar-refractivity contribution in [3.63, 3.8) is 0 Å². The van der Waals surface area contributed by atoms with Gasteiger partial charge in [0.1, 0.15) is 11.4 Å². The molecule has 0 spiro atoms. The van der Waals surface area contributed by atoms with Crippen LogP contribution in [0, 0.1) is 0 Å². The van der Waals surface area contributed by atoms with Crippen molar-refractivity contribution in [2.24, 2.45) is 0 Å². The van der Waals surface area contributed by atoms with Gasteiger partial charge in [0.2, 0.25) is 0 Å². The Kier molecular flexibility index (Phi) is 3.40. The summed E-state index contributed by atoms with van der Waals surface area (Å²) in [5.74, 6) is 1.09. The minimum atomic E-state index is 0.00336. The van der Waals surface area contributed by atoms with Crippen LogP contribution in [0.3, 0.4) is 0 Å². The van der Waals surface area contributed by atoms with E-state index in [1.807, 2.05) is 0 Å². The molecule has 19 heavy (non-hydrogen) atoms. The summed E-state index contributed by atoms with van der Waals surface area (Å²) in [5.41, 5.74) is 2.62. The van der Waals surface area contributed by atoms with Crippen LogP contribution in [0.1, 0.15) is 32.3 Å². The molecule has 0 unspecified atom stereocenters. The molecule has 3 nitrogen and oxygen atoms in total. The van der Waals surface area contributed by atoms with E-state index in [9.17, 15) is 0 Å². The number of hydrogen-bond acceptors (Lipinski definition) is 3. The lowest BCUT2D eigenvalue weighted by molar-refractivity contribution is 0.0178. The molecule has 0 saturated carbocycles. The topological polar surface area (TPSA) is 24.5 Å². The van der Waals surface area contributed by atoms with Gasteiger partial charge in [-0.15, -0.1) is 0 Å². The van der Waals surface area contributed by atoms with Crippen LogP contribution in [-0.2, 0) is 6.42 Å². The predicted octanol–water partition coefficient (Wildman–Crippen LogP) is 2.91. The Morgan fingerprint density at radius 2 is 2.11 bits per heavy atom. The van der Waals surface area contributed by atoms with E-state index in [2.05, 4.69) is 42.3 Å². The standard InChI is InChI=1S/C16H24N2O/c1-3-18-11-8-16(2,9-12-18)19-15-6-4-5-14-13(15)7-10-17-14/h4-6,17H,3,7-12H2,1-2H3. The fraction of sp³-hybridized carbons (Fsp3) is 0.625. The van der Waals surface area contributed by atoms with E-state index in [0.29, 0.717) is 0 Å². The number of benzene rings is 1. The number of anilines is 1. The zero-order valence-electron chi connectivity index (χ0n) is 12.0. The molecule has 0 bridgehead atoms. The molecular formula is C16H24N2O. The van der Waals surface area contributed by atoms with Gasteiger partial charge in [-0.05, 0) is 44.9 Å². The minimum absolute atomic E-state index is 0.00336. The molecule has 0 radical (unpaired) electrons. The van der Waals surface area contributed by atoms with Gasteiger partial charge in [0.05, 0.1) is 0 Å². The van der Waals surface area contributed by atoms with Gasteiger partial charge < -0.3 is 15.0 Å². The second-order valence-corrected chi connectivity index (χ2v) is 5.95. The molecule has 1 N–H and O–H groups in total. The van der Waals surface area contributed by atoms with Crippen molar-refractivity contribution >= 4 is 5.69 Å². The van der Waals surface area contributed by atoms with Gasteiger partial charge in [0, 0.05) is 30.9 Å². The maximum atomic E-state index is 6.41. The second-order valence-electron chi connectivity index (χ2n) is 5.95. The van der Waals surface area contributed by atoms with Crippen molar-refractivity contribution < 1.29 is 4.74 Å². The van der Waals surface area contributed by atoms with Crippen LogP contribution in [-0.4, -0.2) is 36.7 Å². The van der Waals surface area contributed by atoms with Crippen molar-refractivity contribution in [2.45, 2.75) is 38.7 Å². The van der Waals surface area contributed by atoms with Gasteiger partial charge in [-0.25, -0.2) is 0 Å². The van der Waals surface area contributed by atoms with Crippen molar-refractivity contribution in [3.05, 3.63) is 23.8 Å². The van der Waals surface area contributed by atoms with E-state index in [1.54, 1.807) is 0 Å².